The van der Waals surface area contributed by atoms with Crippen molar-refractivity contribution in [1.82, 2.24) is 4.90 Å². The molecule has 3 rings (SSSR count). The van der Waals surface area contributed by atoms with Gasteiger partial charge >= 0.3 is 5.97 Å². The molecule has 0 saturated carbocycles. The first-order valence-electron chi connectivity index (χ1n) is 8.74. The SMILES string of the molecule is COc1ccc(-c2ccccc2)cc1CN1CC(C)CC(C(=O)O)C1. The fraction of sp³-hybridized carbons (Fsp3) is 0.381. The lowest BCUT2D eigenvalue weighted by Gasteiger charge is -2.35. The molecule has 0 bridgehead atoms. The van der Waals surface area contributed by atoms with Gasteiger partial charge in [0.05, 0.1) is 13.0 Å². The maximum Gasteiger partial charge on any atom is 0.307 e. The summed E-state index contributed by atoms with van der Waals surface area (Å²) >= 11 is 0. The topological polar surface area (TPSA) is 49.8 Å². The Morgan fingerprint density at radius 3 is 2.60 bits per heavy atom. The van der Waals surface area contributed by atoms with Crippen LogP contribution in [0, 0.1) is 11.8 Å². The molecule has 4 nitrogen and oxygen atoms in total. The Hall–Kier alpha value is -2.33. The van der Waals surface area contributed by atoms with Crippen molar-refractivity contribution < 1.29 is 14.6 Å². The number of aliphatic carboxylic acids is 1. The molecule has 0 aromatic heterocycles. The highest BCUT2D eigenvalue weighted by Crippen LogP contribution is 2.30. The lowest BCUT2D eigenvalue weighted by molar-refractivity contribution is -0.144. The van der Waals surface area contributed by atoms with E-state index in [-0.39, 0.29) is 5.92 Å². The van der Waals surface area contributed by atoms with Crippen LogP contribution in [-0.4, -0.2) is 36.2 Å². The van der Waals surface area contributed by atoms with Crippen molar-refractivity contribution in [3.05, 3.63) is 54.1 Å². The van der Waals surface area contributed by atoms with Crippen LogP contribution in [-0.2, 0) is 11.3 Å². The zero-order valence-corrected chi connectivity index (χ0v) is 14.8. The molecule has 0 amide bonds. The van der Waals surface area contributed by atoms with Crippen molar-refractivity contribution in [2.24, 2.45) is 11.8 Å². The van der Waals surface area contributed by atoms with E-state index in [1.807, 2.05) is 24.3 Å². The highest BCUT2D eigenvalue weighted by atomic mass is 16.5. The number of ether oxygens (including phenoxy) is 1. The third-order valence-electron chi connectivity index (χ3n) is 4.87. The van der Waals surface area contributed by atoms with E-state index < -0.39 is 5.97 Å². The maximum absolute atomic E-state index is 11.4. The van der Waals surface area contributed by atoms with Crippen LogP contribution in [0.1, 0.15) is 18.9 Å². The number of carboxylic acid groups (broad SMARTS) is 1. The minimum atomic E-state index is -0.693. The van der Waals surface area contributed by atoms with Crippen molar-refractivity contribution in [1.29, 1.82) is 0 Å². The molecule has 1 aliphatic heterocycles. The summed E-state index contributed by atoms with van der Waals surface area (Å²) in [5, 5.41) is 9.38. The van der Waals surface area contributed by atoms with E-state index in [4.69, 9.17) is 4.74 Å². The summed E-state index contributed by atoms with van der Waals surface area (Å²) in [6, 6.07) is 16.5. The number of piperidine rings is 1. The van der Waals surface area contributed by atoms with Gasteiger partial charge in [0.1, 0.15) is 5.75 Å². The highest BCUT2D eigenvalue weighted by molar-refractivity contribution is 5.70. The zero-order valence-electron chi connectivity index (χ0n) is 14.8. The average molecular weight is 339 g/mol. The summed E-state index contributed by atoms with van der Waals surface area (Å²) in [6.07, 6.45) is 0.757. The normalized spacial score (nSPS) is 21.0. The molecule has 4 heteroatoms. The predicted molar refractivity (Wildman–Crippen MR) is 98.6 cm³/mol. The van der Waals surface area contributed by atoms with Gasteiger partial charge in [-0.3, -0.25) is 9.69 Å². The van der Waals surface area contributed by atoms with Crippen molar-refractivity contribution in [2.75, 3.05) is 20.2 Å². The van der Waals surface area contributed by atoms with Gasteiger partial charge in [-0.2, -0.15) is 0 Å². The monoisotopic (exact) mass is 339 g/mol. The molecule has 1 aliphatic rings. The Bertz CT molecular complexity index is 729. The van der Waals surface area contributed by atoms with Gasteiger partial charge in [0.2, 0.25) is 0 Å². The molecule has 25 heavy (non-hydrogen) atoms. The summed E-state index contributed by atoms with van der Waals surface area (Å²) < 4.78 is 5.54. The van der Waals surface area contributed by atoms with E-state index >= 15 is 0 Å². The Balaban J connectivity index is 1.84. The lowest BCUT2D eigenvalue weighted by Crippen LogP contribution is -2.42. The van der Waals surface area contributed by atoms with Crippen LogP contribution in [0.15, 0.2) is 48.5 Å². The van der Waals surface area contributed by atoms with E-state index in [0.717, 1.165) is 29.8 Å². The second kappa shape index (κ2) is 7.70. The molecule has 2 aromatic carbocycles. The average Bonchev–Trinajstić information content (AvgIpc) is 2.62. The number of nitrogens with zero attached hydrogens (tertiary/aromatic N) is 1. The van der Waals surface area contributed by atoms with Crippen LogP contribution in [0.2, 0.25) is 0 Å². The molecule has 2 atom stereocenters. The van der Waals surface area contributed by atoms with Crippen LogP contribution in [0.5, 0.6) is 5.75 Å². The van der Waals surface area contributed by atoms with E-state index in [0.29, 0.717) is 19.0 Å². The van der Waals surface area contributed by atoms with Gasteiger partial charge in [-0.05, 0) is 35.6 Å². The van der Waals surface area contributed by atoms with Gasteiger partial charge in [0.25, 0.3) is 0 Å². The number of benzene rings is 2. The van der Waals surface area contributed by atoms with E-state index in [9.17, 15) is 9.90 Å². The Morgan fingerprint density at radius 2 is 1.92 bits per heavy atom. The highest BCUT2D eigenvalue weighted by Gasteiger charge is 2.29. The number of methoxy groups -OCH3 is 1. The number of hydrogen-bond acceptors (Lipinski definition) is 3. The van der Waals surface area contributed by atoms with Gasteiger partial charge < -0.3 is 9.84 Å². The van der Waals surface area contributed by atoms with Gasteiger partial charge in [-0.1, -0.05) is 43.3 Å². The molecule has 2 aromatic rings. The minimum Gasteiger partial charge on any atom is -0.496 e. The van der Waals surface area contributed by atoms with Crippen LogP contribution in [0.25, 0.3) is 11.1 Å². The van der Waals surface area contributed by atoms with Crippen LogP contribution < -0.4 is 4.74 Å². The van der Waals surface area contributed by atoms with E-state index in [1.54, 1.807) is 7.11 Å². The first-order chi connectivity index (χ1) is 12.1. The summed E-state index contributed by atoms with van der Waals surface area (Å²) in [6.45, 7) is 4.35. The minimum absolute atomic E-state index is 0.285. The number of carbonyl (C=O) groups is 1. The number of hydrogen-bond donors (Lipinski definition) is 1. The molecular weight excluding hydrogens is 314 g/mol. The molecule has 0 spiro atoms. The Labute approximate surface area is 149 Å². The van der Waals surface area contributed by atoms with Crippen molar-refractivity contribution >= 4 is 5.97 Å². The fourth-order valence-corrected chi connectivity index (χ4v) is 3.72. The molecule has 1 fully saturated rings. The van der Waals surface area contributed by atoms with Gasteiger partial charge in [-0.15, -0.1) is 0 Å². The molecule has 1 saturated heterocycles. The third kappa shape index (κ3) is 4.20. The second-order valence-corrected chi connectivity index (χ2v) is 6.96. The van der Waals surface area contributed by atoms with Crippen LogP contribution in [0.3, 0.4) is 0 Å². The molecule has 0 aliphatic carbocycles. The van der Waals surface area contributed by atoms with Crippen LogP contribution in [0.4, 0.5) is 0 Å². The zero-order chi connectivity index (χ0) is 17.8. The number of carboxylic acids is 1. The molecule has 2 unspecified atom stereocenters. The largest absolute Gasteiger partial charge is 0.496 e. The predicted octanol–water partition coefficient (Wildman–Crippen LogP) is 3.90. The summed E-state index contributed by atoms with van der Waals surface area (Å²) in [5.41, 5.74) is 3.42. The molecule has 0 radical (unpaired) electrons. The molecular formula is C21H25NO3. The van der Waals surface area contributed by atoms with E-state index in [1.165, 1.54) is 5.56 Å². The molecule has 1 heterocycles. The number of rotatable bonds is 5. The smallest absolute Gasteiger partial charge is 0.307 e. The summed E-state index contributed by atoms with van der Waals surface area (Å²) in [4.78, 5) is 13.6. The van der Waals surface area contributed by atoms with Crippen molar-refractivity contribution in [3.63, 3.8) is 0 Å². The Morgan fingerprint density at radius 1 is 1.16 bits per heavy atom. The van der Waals surface area contributed by atoms with Crippen molar-refractivity contribution in [3.8, 4) is 16.9 Å². The van der Waals surface area contributed by atoms with Gasteiger partial charge in [0, 0.05) is 25.2 Å². The number of likely N-dealkylation sites (tertiary alicyclic amines) is 1. The fourth-order valence-electron chi connectivity index (χ4n) is 3.72. The maximum atomic E-state index is 11.4. The lowest BCUT2D eigenvalue weighted by atomic mass is 9.90. The Kier molecular flexibility index (Phi) is 5.39. The first kappa shape index (κ1) is 17.5. The van der Waals surface area contributed by atoms with Gasteiger partial charge in [0.15, 0.2) is 0 Å². The molecule has 1 N–H and O–H groups in total. The quantitative estimate of drug-likeness (QED) is 0.897. The molecule has 132 valence electrons. The van der Waals surface area contributed by atoms with Crippen LogP contribution >= 0.6 is 0 Å². The van der Waals surface area contributed by atoms with Gasteiger partial charge in [-0.25, -0.2) is 0 Å². The summed E-state index contributed by atoms with van der Waals surface area (Å²) in [5.74, 6) is 0.261. The summed E-state index contributed by atoms with van der Waals surface area (Å²) in [7, 11) is 1.68. The van der Waals surface area contributed by atoms with Crippen molar-refractivity contribution in [2.45, 2.75) is 19.9 Å². The second-order valence-electron chi connectivity index (χ2n) is 6.96. The van der Waals surface area contributed by atoms with E-state index in [2.05, 4.69) is 36.1 Å². The first-order valence-corrected chi connectivity index (χ1v) is 8.74. The standard InChI is InChI=1S/C21H25NO3/c1-15-10-19(21(23)24)14-22(12-15)13-18-11-17(8-9-20(18)25-2)16-6-4-3-5-7-16/h3-9,11,15,19H,10,12-14H2,1-2H3,(H,23,24). The third-order valence-corrected chi connectivity index (χ3v) is 4.87.